The molecule has 1 aliphatic heterocycles. The fraction of sp³-hybridized carbons (Fsp3) is 0.412. The van der Waals surface area contributed by atoms with Crippen LogP contribution in [0.15, 0.2) is 36.7 Å². The molecule has 1 atom stereocenters. The van der Waals surface area contributed by atoms with Crippen molar-refractivity contribution in [2.45, 2.75) is 13.0 Å². The lowest BCUT2D eigenvalue weighted by atomic mass is 10.3. The highest BCUT2D eigenvalue weighted by Gasteiger charge is 2.13. The van der Waals surface area contributed by atoms with Gasteiger partial charge in [-0.1, -0.05) is 6.07 Å². The van der Waals surface area contributed by atoms with Crippen LogP contribution in [0.4, 0.5) is 16.0 Å². The number of benzene rings is 1. The number of nitrogens with one attached hydrogen (secondary N) is 1. The van der Waals surface area contributed by atoms with E-state index in [0.29, 0.717) is 25.6 Å². The first kappa shape index (κ1) is 16.4. The van der Waals surface area contributed by atoms with Crippen molar-refractivity contribution >= 4 is 11.6 Å². The number of hydrogen-bond acceptors (Lipinski definition) is 6. The molecule has 0 saturated carbocycles. The van der Waals surface area contributed by atoms with Gasteiger partial charge >= 0.3 is 0 Å². The number of nitrogens with zero attached hydrogens (tertiary/aromatic N) is 3. The smallest absolute Gasteiger partial charge is 0.134 e. The first-order valence-corrected chi connectivity index (χ1v) is 8.00. The molecule has 24 heavy (non-hydrogen) atoms. The van der Waals surface area contributed by atoms with E-state index in [9.17, 15) is 4.39 Å². The van der Waals surface area contributed by atoms with Gasteiger partial charge in [0.1, 0.15) is 36.1 Å². The summed E-state index contributed by atoms with van der Waals surface area (Å²) in [7, 11) is 0. The standard InChI is InChI=1S/C17H21FN4O2/c1-13(11-24-15-4-2-3-14(18)9-15)21-16-10-17(20-12-19-16)22-5-7-23-8-6-22/h2-4,9-10,12-13H,5-8,11H2,1H3,(H,19,20,21). The molecule has 3 rings (SSSR count). The zero-order valence-corrected chi connectivity index (χ0v) is 13.6. The molecule has 2 heterocycles. The van der Waals surface area contributed by atoms with E-state index >= 15 is 0 Å². The molecule has 0 spiro atoms. The third-order valence-corrected chi connectivity index (χ3v) is 3.68. The van der Waals surface area contributed by atoms with Gasteiger partial charge in [-0.05, 0) is 19.1 Å². The van der Waals surface area contributed by atoms with Crippen LogP contribution < -0.4 is 15.0 Å². The zero-order valence-electron chi connectivity index (χ0n) is 13.6. The highest BCUT2D eigenvalue weighted by molar-refractivity contribution is 5.49. The molecule has 1 N–H and O–H groups in total. The minimum atomic E-state index is -0.306. The van der Waals surface area contributed by atoms with Crippen molar-refractivity contribution in [2.75, 3.05) is 43.1 Å². The SMILES string of the molecule is CC(COc1cccc(F)c1)Nc1cc(N2CCOCC2)ncn1. The molecular formula is C17H21FN4O2. The Hall–Kier alpha value is -2.41. The molecule has 128 valence electrons. The molecule has 1 saturated heterocycles. The van der Waals surface area contributed by atoms with Crippen molar-refractivity contribution in [3.63, 3.8) is 0 Å². The number of halogens is 1. The van der Waals surface area contributed by atoms with E-state index in [0.717, 1.165) is 24.7 Å². The van der Waals surface area contributed by atoms with E-state index in [1.165, 1.54) is 12.1 Å². The van der Waals surface area contributed by atoms with Crippen LogP contribution in [0.3, 0.4) is 0 Å². The fourth-order valence-electron chi connectivity index (χ4n) is 2.46. The molecular weight excluding hydrogens is 311 g/mol. The summed E-state index contributed by atoms with van der Waals surface area (Å²) in [6.45, 7) is 5.47. The van der Waals surface area contributed by atoms with Crippen molar-refractivity contribution in [3.05, 3.63) is 42.5 Å². The van der Waals surface area contributed by atoms with Crippen LogP contribution in [0.1, 0.15) is 6.92 Å². The number of morpholine rings is 1. The summed E-state index contributed by atoms with van der Waals surface area (Å²) in [5, 5.41) is 3.28. The summed E-state index contributed by atoms with van der Waals surface area (Å²) in [5.74, 6) is 1.83. The quantitative estimate of drug-likeness (QED) is 0.876. The Morgan fingerprint density at radius 3 is 2.92 bits per heavy atom. The predicted octanol–water partition coefficient (Wildman–Crippen LogP) is 2.33. The van der Waals surface area contributed by atoms with Gasteiger partial charge in [-0.3, -0.25) is 0 Å². The molecule has 1 aromatic heterocycles. The second-order valence-electron chi connectivity index (χ2n) is 5.67. The van der Waals surface area contributed by atoms with Crippen molar-refractivity contribution < 1.29 is 13.9 Å². The van der Waals surface area contributed by atoms with E-state index in [4.69, 9.17) is 9.47 Å². The summed E-state index contributed by atoms with van der Waals surface area (Å²) < 4.78 is 24.1. The summed E-state index contributed by atoms with van der Waals surface area (Å²) in [6.07, 6.45) is 1.55. The lowest BCUT2D eigenvalue weighted by Crippen LogP contribution is -2.36. The molecule has 7 heteroatoms. The normalized spacial score (nSPS) is 15.8. The highest BCUT2D eigenvalue weighted by atomic mass is 19.1. The Morgan fingerprint density at radius 1 is 1.29 bits per heavy atom. The first-order valence-electron chi connectivity index (χ1n) is 8.00. The van der Waals surface area contributed by atoms with Gasteiger partial charge in [-0.15, -0.1) is 0 Å². The van der Waals surface area contributed by atoms with Gasteiger partial charge in [0, 0.05) is 25.2 Å². The van der Waals surface area contributed by atoms with Crippen molar-refractivity contribution in [2.24, 2.45) is 0 Å². The number of anilines is 2. The van der Waals surface area contributed by atoms with E-state index in [2.05, 4.69) is 20.2 Å². The summed E-state index contributed by atoms with van der Waals surface area (Å²) in [6, 6.07) is 8.06. The topological polar surface area (TPSA) is 59.5 Å². The number of hydrogen-bond donors (Lipinski definition) is 1. The van der Waals surface area contributed by atoms with Crippen LogP contribution in [0.5, 0.6) is 5.75 Å². The Bertz CT molecular complexity index is 665. The molecule has 1 aromatic carbocycles. The Morgan fingerprint density at radius 2 is 2.12 bits per heavy atom. The van der Waals surface area contributed by atoms with Crippen LogP contribution >= 0.6 is 0 Å². The Labute approximate surface area is 140 Å². The molecule has 0 radical (unpaired) electrons. The summed E-state index contributed by atoms with van der Waals surface area (Å²) in [5.41, 5.74) is 0. The lowest BCUT2D eigenvalue weighted by Gasteiger charge is -2.28. The van der Waals surface area contributed by atoms with Gasteiger partial charge in [0.25, 0.3) is 0 Å². The molecule has 2 aromatic rings. The Balaban J connectivity index is 1.55. The average molecular weight is 332 g/mol. The summed E-state index contributed by atoms with van der Waals surface area (Å²) >= 11 is 0. The van der Waals surface area contributed by atoms with E-state index < -0.39 is 0 Å². The van der Waals surface area contributed by atoms with E-state index in [-0.39, 0.29) is 11.9 Å². The molecule has 0 aliphatic carbocycles. The maximum Gasteiger partial charge on any atom is 0.134 e. The summed E-state index contributed by atoms with van der Waals surface area (Å²) in [4.78, 5) is 10.7. The average Bonchev–Trinajstić information content (AvgIpc) is 2.61. The molecule has 6 nitrogen and oxygen atoms in total. The third-order valence-electron chi connectivity index (χ3n) is 3.68. The molecule has 0 bridgehead atoms. The zero-order chi connectivity index (χ0) is 16.8. The Kier molecular flexibility index (Phi) is 5.43. The van der Waals surface area contributed by atoms with Crippen LogP contribution in [-0.4, -0.2) is 48.9 Å². The maximum atomic E-state index is 13.1. The second kappa shape index (κ2) is 7.92. The van der Waals surface area contributed by atoms with Crippen LogP contribution in [0.25, 0.3) is 0 Å². The monoisotopic (exact) mass is 332 g/mol. The largest absolute Gasteiger partial charge is 0.491 e. The predicted molar refractivity (Wildman–Crippen MR) is 90.0 cm³/mol. The van der Waals surface area contributed by atoms with Crippen molar-refractivity contribution in [3.8, 4) is 5.75 Å². The second-order valence-corrected chi connectivity index (χ2v) is 5.67. The van der Waals surface area contributed by atoms with E-state index in [1.54, 1.807) is 18.5 Å². The molecule has 1 aliphatic rings. The molecule has 0 amide bonds. The highest BCUT2D eigenvalue weighted by Crippen LogP contribution is 2.17. The minimum Gasteiger partial charge on any atom is -0.491 e. The maximum absolute atomic E-state index is 13.1. The number of aromatic nitrogens is 2. The first-order chi connectivity index (χ1) is 11.7. The third kappa shape index (κ3) is 4.55. The van der Waals surface area contributed by atoms with Gasteiger partial charge in [-0.2, -0.15) is 0 Å². The van der Waals surface area contributed by atoms with Gasteiger partial charge in [0.05, 0.1) is 19.3 Å². The van der Waals surface area contributed by atoms with Crippen molar-refractivity contribution in [1.82, 2.24) is 9.97 Å². The van der Waals surface area contributed by atoms with Crippen LogP contribution in [0.2, 0.25) is 0 Å². The van der Waals surface area contributed by atoms with Gasteiger partial charge in [0.2, 0.25) is 0 Å². The number of ether oxygens (including phenoxy) is 2. The van der Waals surface area contributed by atoms with Gasteiger partial charge in [0.15, 0.2) is 0 Å². The van der Waals surface area contributed by atoms with Gasteiger partial charge in [-0.25, -0.2) is 14.4 Å². The van der Waals surface area contributed by atoms with Crippen LogP contribution in [-0.2, 0) is 4.74 Å². The van der Waals surface area contributed by atoms with Gasteiger partial charge < -0.3 is 19.7 Å². The fourth-order valence-corrected chi connectivity index (χ4v) is 2.46. The lowest BCUT2D eigenvalue weighted by molar-refractivity contribution is 0.122. The molecule has 1 unspecified atom stereocenters. The van der Waals surface area contributed by atoms with Crippen molar-refractivity contribution in [1.29, 1.82) is 0 Å². The molecule has 1 fully saturated rings. The minimum absolute atomic E-state index is 0.0145. The van der Waals surface area contributed by atoms with Crippen LogP contribution in [0, 0.1) is 5.82 Å². The van der Waals surface area contributed by atoms with E-state index in [1.807, 2.05) is 13.0 Å². The number of rotatable bonds is 6.